The molecule has 1 amide bonds. The van der Waals surface area contributed by atoms with Crippen molar-refractivity contribution in [3.8, 4) is 11.1 Å². The first kappa shape index (κ1) is 23.5. The lowest BCUT2D eigenvalue weighted by Crippen LogP contribution is -2.56. The minimum absolute atomic E-state index is 0.0762. The molecule has 2 aliphatic carbocycles. The molecule has 0 aliphatic heterocycles. The summed E-state index contributed by atoms with van der Waals surface area (Å²) in [6, 6.07) is 23.2. The first-order valence-electron chi connectivity index (χ1n) is 12.8. The van der Waals surface area contributed by atoms with Crippen LogP contribution in [-0.4, -0.2) is 27.6 Å². The Morgan fingerprint density at radius 2 is 1.62 bits per heavy atom. The minimum Gasteiger partial charge on any atom is -0.481 e. The second-order valence-electron chi connectivity index (χ2n) is 10.8. The van der Waals surface area contributed by atoms with Gasteiger partial charge in [-0.05, 0) is 71.9 Å². The summed E-state index contributed by atoms with van der Waals surface area (Å²) in [5.74, 6) is -1.01. The maximum Gasteiger partial charge on any atom is 0.303 e. The van der Waals surface area contributed by atoms with Crippen LogP contribution in [0.3, 0.4) is 0 Å². The lowest BCUT2D eigenvalue weighted by atomic mass is 9.49. The molecule has 188 valence electrons. The Balaban J connectivity index is 1.17. The zero-order valence-corrected chi connectivity index (χ0v) is 20.5. The molecule has 0 radical (unpaired) electrons. The number of halogens is 1. The lowest BCUT2D eigenvalue weighted by molar-refractivity contribution is -0.142. The van der Waals surface area contributed by atoms with Gasteiger partial charge >= 0.3 is 5.97 Å². The zero-order valence-electron chi connectivity index (χ0n) is 20.5. The third kappa shape index (κ3) is 4.52. The summed E-state index contributed by atoms with van der Waals surface area (Å²) in [5.41, 5.74) is 4.62. The maximum absolute atomic E-state index is 14.7. The molecule has 37 heavy (non-hydrogen) atoms. The Labute approximate surface area is 214 Å². The number of carbonyl (C=O) groups excluding carboxylic acids is 1. The van der Waals surface area contributed by atoms with Crippen LogP contribution in [0.1, 0.15) is 48.0 Å². The monoisotopic (exact) mass is 496 g/mol. The van der Waals surface area contributed by atoms with E-state index in [1.807, 2.05) is 29.0 Å². The lowest BCUT2D eigenvalue weighted by Gasteiger charge is -2.57. The molecule has 4 aromatic rings. The topological polar surface area (TPSA) is 71.3 Å². The molecule has 0 atom stereocenters. The van der Waals surface area contributed by atoms with Crippen molar-refractivity contribution in [1.29, 1.82) is 0 Å². The molecule has 2 fully saturated rings. The van der Waals surface area contributed by atoms with Gasteiger partial charge in [0.2, 0.25) is 0 Å². The number of amides is 1. The maximum atomic E-state index is 14.7. The predicted octanol–water partition coefficient (Wildman–Crippen LogP) is 6.26. The van der Waals surface area contributed by atoms with Crippen molar-refractivity contribution >= 4 is 22.8 Å². The van der Waals surface area contributed by atoms with Crippen LogP contribution in [-0.2, 0) is 11.3 Å². The quantitative estimate of drug-likeness (QED) is 0.317. The third-order valence-electron chi connectivity index (χ3n) is 8.13. The number of carboxylic acid groups (broad SMARTS) is 1. The van der Waals surface area contributed by atoms with Gasteiger partial charge in [0.1, 0.15) is 5.82 Å². The van der Waals surface area contributed by atoms with Crippen molar-refractivity contribution in [3.05, 3.63) is 95.9 Å². The Morgan fingerprint density at radius 1 is 0.919 bits per heavy atom. The Kier molecular flexibility index (Phi) is 5.82. The largest absolute Gasteiger partial charge is 0.481 e. The minimum atomic E-state index is -0.737. The van der Waals surface area contributed by atoms with Crippen LogP contribution in [0.2, 0.25) is 0 Å². The van der Waals surface area contributed by atoms with Gasteiger partial charge in [-0.2, -0.15) is 0 Å². The van der Waals surface area contributed by atoms with Gasteiger partial charge in [-0.3, -0.25) is 9.59 Å². The van der Waals surface area contributed by atoms with Crippen molar-refractivity contribution in [3.63, 3.8) is 0 Å². The van der Waals surface area contributed by atoms with Gasteiger partial charge in [0, 0.05) is 30.6 Å². The Bertz CT molecular complexity index is 1460. The number of fused-ring (bicyclic) bond motifs is 1. The van der Waals surface area contributed by atoms with E-state index in [1.165, 1.54) is 6.07 Å². The van der Waals surface area contributed by atoms with E-state index in [1.54, 1.807) is 12.1 Å². The summed E-state index contributed by atoms with van der Waals surface area (Å²) in [6.45, 7) is 0.528. The van der Waals surface area contributed by atoms with Gasteiger partial charge < -0.3 is 15.0 Å². The molecule has 6 heteroatoms. The normalized spacial score (nSPS) is 22.4. The Hall–Kier alpha value is -3.93. The number of aliphatic carboxylic acids is 1. The molecule has 0 saturated heterocycles. The highest BCUT2D eigenvalue weighted by Crippen LogP contribution is 2.59. The average Bonchev–Trinajstić information content (AvgIpc) is 3.27. The van der Waals surface area contributed by atoms with Gasteiger partial charge in [-0.25, -0.2) is 4.39 Å². The highest BCUT2D eigenvalue weighted by Gasteiger charge is 2.53. The predicted molar refractivity (Wildman–Crippen MR) is 141 cm³/mol. The zero-order chi connectivity index (χ0) is 25.6. The molecular weight excluding hydrogens is 467 g/mol. The number of hydrogen-bond donors (Lipinski definition) is 2. The van der Waals surface area contributed by atoms with Gasteiger partial charge in [-0.1, -0.05) is 54.6 Å². The summed E-state index contributed by atoms with van der Waals surface area (Å²) in [6.07, 6.45) is 5.70. The number of carbonyl (C=O) groups is 2. The molecule has 6 rings (SSSR count). The fraction of sp³-hybridized carbons (Fsp3) is 0.290. The standard InChI is InChI=1S/C31H29FN2O3/c32-27-11-10-26(30(37)33-24-17-31(18-24)15-21(16-31)14-28(35)36)29-25(27)12-13-34(29)19-20-6-8-23(9-7-20)22-4-2-1-3-5-22/h1-13,21,24H,14-19H2,(H,33,37)(H,35,36). The molecule has 2 saturated carbocycles. The number of nitrogens with one attached hydrogen (secondary N) is 1. The van der Waals surface area contributed by atoms with Gasteiger partial charge in [0.25, 0.3) is 5.91 Å². The fourth-order valence-electron chi connectivity index (χ4n) is 6.48. The number of hydrogen-bond acceptors (Lipinski definition) is 2. The summed E-state index contributed by atoms with van der Waals surface area (Å²) < 4.78 is 16.6. The van der Waals surface area contributed by atoms with Crippen molar-refractivity contribution in [2.45, 2.75) is 44.7 Å². The van der Waals surface area contributed by atoms with Crippen LogP contribution in [0.5, 0.6) is 0 Å². The van der Waals surface area contributed by atoms with Gasteiger partial charge in [-0.15, -0.1) is 0 Å². The SMILES string of the molecule is O=C(O)CC1CC2(C1)CC(NC(=O)c1ccc(F)c3ccn(Cc4ccc(-c5ccccc5)cc4)c13)C2. The van der Waals surface area contributed by atoms with Crippen LogP contribution in [0.25, 0.3) is 22.0 Å². The van der Waals surface area contributed by atoms with E-state index in [2.05, 4.69) is 41.7 Å². The van der Waals surface area contributed by atoms with Crippen LogP contribution in [0.4, 0.5) is 4.39 Å². The van der Waals surface area contributed by atoms with Crippen molar-refractivity contribution in [2.75, 3.05) is 0 Å². The van der Waals surface area contributed by atoms with Crippen LogP contribution >= 0.6 is 0 Å². The van der Waals surface area contributed by atoms with Gasteiger partial charge in [0.05, 0.1) is 11.1 Å². The molecule has 0 unspecified atom stereocenters. The van der Waals surface area contributed by atoms with Gasteiger partial charge in [0.15, 0.2) is 0 Å². The first-order chi connectivity index (χ1) is 17.9. The van der Waals surface area contributed by atoms with Crippen molar-refractivity contribution < 1.29 is 19.1 Å². The van der Waals surface area contributed by atoms with E-state index in [9.17, 15) is 14.0 Å². The van der Waals surface area contributed by atoms with Crippen LogP contribution < -0.4 is 5.32 Å². The fourth-order valence-corrected chi connectivity index (χ4v) is 6.48. The smallest absolute Gasteiger partial charge is 0.303 e. The average molecular weight is 497 g/mol. The molecule has 1 aromatic heterocycles. The second-order valence-corrected chi connectivity index (χ2v) is 10.8. The molecule has 5 nitrogen and oxygen atoms in total. The highest BCUT2D eigenvalue weighted by molar-refractivity contribution is 6.06. The van der Waals surface area contributed by atoms with Crippen molar-refractivity contribution in [2.24, 2.45) is 11.3 Å². The van der Waals surface area contributed by atoms with Crippen LogP contribution in [0, 0.1) is 17.2 Å². The first-order valence-corrected chi connectivity index (χ1v) is 12.8. The van der Waals surface area contributed by atoms with Crippen molar-refractivity contribution in [1.82, 2.24) is 9.88 Å². The molecular formula is C31H29FN2O3. The summed E-state index contributed by atoms with van der Waals surface area (Å²) >= 11 is 0. The summed E-state index contributed by atoms with van der Waals surface area (Å²) in [4.78, 5) is 24.2. The molecule has 2 N–H and O–H groups in total. The number of carboxylic acids is 1. The highest BCUT2D eigenvalue weighted by atomic mass is 19.1. The van der Waals surface area contributed by atoms with E-state index in [4.69, 9.17) is 5.11 Å². The van der Waals surface area contributed by atoms with Crippen LogP contribution in [0.15, 0.2) is 79.0 Å². The molecule has 0 bridgehead atoms. The number of nitrogens with zero attached hydrogens (tertiary/aromatic N) is 1. The number of aromatic nitrogens is 1. The third-order valence-corrected chi connectivity index (χ3v) is 8.13. The number of rotatable bonds is 7. The molecule has 2 aliphatic rings. The molecule has 3 aromatic carbocycles. The van der Waals surface area contributed by atoms with E-state index < -0.39 is 5.97 Å². The number of benzene rings is 3. The Morgan fingerprint density at radius 3 is 2.32 bits per heavy atom. The van der Waals surface area contributed by atoms with E-state index in [0.29, 0.717) is 23.0 Å². The van der Waals surface area contributed by atoms with E-state index in [0.717, 1.165) is 42.4 Å². The molecule has 1 heterocycles. The molecule has 1 spiro atoms. The van der Waals surface area contributed by atoms with E-state index in [-0.39, 0.29) is 35.5 Å². The summed E-state index contributed by atoms with van der Waals surface area (Å²) in [7, 11) is 0. The summed E-state index contributed by atoms with van der Waals surface area (Å²) in [5, 5.41) is 12.6. The van der Waals surface area contributed by atoms with E-state index >= 15 is 0 Å². The second kappa shape index (κ2) is 9.18.